The van der Waals surface area contributed by atoms with Gasteiger partial charge in [0.2, 0.25) is 5.91 Å². The van der Waals surface area contributed by atoms with Gasteiger partial charge in [-0.25, -0.2) is 0 Å². The van der Waals surface area contributed by atoms with Gasteiger partial charge in [-0.15, -0.1) is 0 Å². The van der Waals surface area contributed by atoms with Gasteiger partial charge in [0, 0.05) is 26.7 Å². The minimum absolute atomic E-state index is 0.135. The van der Waals surface area contributed by atoms with Gasteiger partial charge in [0.1, 0.15) is 5.58 Å². The molecule has 0 saturated carbocycles. The van der Waals surface area contributed by atoms with E-state index < -0.39 is 0 Å². The number of benzene rings is 2. The zero-order chi connectivity index (χ0) is 16.6. The van der Waals surface area contributed by atoms with Crippen LogP contribution in [0.2, 0.25) is 10.0 Å². The third-order valence-corrected chi connectivity index (χ3v) is 4.56. The van der Waals surface area contributed by atoms with E-state index in [1.165, 1.54) is 0 Å². The predicted octanol–water partition coefficient (Wildman–Crippen LogP) is 5.54. The molecule has 0 atom stereocenters. The summed E-state index contributed by atoms with van der Waals surface area (Å²) in [7, 11) is 0. The zero-order valence-corrected chi connectivity index (χ0v) is 14.3. The Morgan fingerprint density at radius 2 is 1.83 bits per heavy atom. The topological polar surface area (TPSA) is 42.2 Å². The van der Waals surface area contributed by atoms with Crippen molar-refractivity contribution in [1.82, 2.24) is 0 Å². The summed E-state index contributed by atoms with van der Waals surface area (Å²) in [6, 6.07) is 9.14. The number of hydrogen-bond acceptors (Lipinski definition) is 2. The van der Waals surface area contributed by atoms with Gasteiger partial charge in [-0.2, -0.15) is 0 Å². The van der Waals surface area contributed by atoms with Crippen LogP contribution in [-0.4, -0.2) is 5.91 Å². The van der Waals surface area contributed by atoms with Gasteiger partial charge in [0.05, 0.1) is 12.7 Å². The number of furan rings is 1. The Labute approximate surface area is 144 Å². The van der Waals surface area contributed by atoms with E-state index in [4.69, 9.17) is 27.6 Å². The molecule has 118 valence electrons. The standard InChI is InChI=1S/C18H15Cl2NO2/c1-10-3-4-13(7-15(10)19)21-18(22)6-12-9-23-17-5-11(2)16(20)8-14(12)17/h3-5,7-9H,6H2,1-2H3,(H,21,22). The second kappa shape index (κ2) is 6.26. The first kappa shape index (κ1) is 15.9. The highest BCUT2D eigenvalue weighted by Crippen LogP contribution is 2.28. The molecule has 3 aromatic rings. The average Bonchev–Trinajstić information content (AvgIpc) is 2.86. The zero-order valence-electron chi connectivity index (χ0n) is 12.7. The molecule has 1 amide bonds. The van der Waals surface area contributed by atoms with Gasteiger partial charge in [-0.1, -0.05) is 29.3 Å². The van der Waals surface area contributed by atoms with Crippen molar-refractivity contribution in [1.29, 1.82) is 0 Å². The number of hydrogen-bond donors (Lipinski definition) is 1. The van der Waals surface area contributed by atoms with E-state index in [9.17, 15) is 4.79 Å². The highest BCUT2D eigenvalue weighted by Gasteiger charge is 2.12. The normalized spacial score (nSPS) is 11.0. The fraction of sp³-hybridized carbons (Fsp3) is 0.167. The van der Waals surface area contributed by atoms with Gasteiger partial charge in [0.15, 0.2) is 0 Å². The molecule has 1 heterocycles. The summed E-state index contributed by atoms with van der Waals surface area (Å²) >= 11 is 12.2. The Balaban J connectivity index is 1.80. The quantitative estimate of drug-likeness (QED) is 0.675. The number of fused-ring (bicyclic) bond motifs is 1. The summed E-state index contributed by atoms with van der Waals surface area (Å²) in [5.74, 6) is -0.135. The summed E-state index contributed by atoms with van der Waals surface area (Å²) in [4.78, 5) is 12.2. The van der Waals surface area contributed by atoms with Crippen molar-refractivity contribution in [2.45, 2.75) is 20.3 Å². The molecule has 3 nitrogen and oxygen atoms in total. The number of carbonyl (C=O) groups excluding carboxylic acids is 1. The van der Waals surface area contributed by atoms with E-state index in [0.717, 1.165) is 27.7 Å². The van der Waals surface area contributed by atoms with Crippen LogP contribution in [0.15, 0.2) is 41.0 Å². The molecule has 23 heavy (non-hydrogen) atoms. The van der Waals surface area contributed by atoms with E-state index in [-0.39, 0.29) is 12.3 Å². The molecule has 0 unspecified atom stereocenters. The Morgan fingerprint density at radius 3 is 2.57 bits per heavy atom. The number of nitrogens with one attached hydrogen (secondary N) is 1. The molecule has 0 aliphatic rings. The van der Waals surface area contributed by atoms with Gasteiger partial charge in [-0.3, -0.25) is 4.79 Å². The molecular weight excluding hydrogens is 333 g/mol. The molecule has 0 aliphatic carbocycles. The Kier molecular flexibility index (Phi) is 4.33. The number of amides is 1. The lowest BCUT2D eigenvalue weighted by Gasteiger charge is -2.06. The van der Waals surface area contributed by atoms with E-state index >= 15 is 0 Å². The smallest absolute Gasteiger partial charge is 0.228 e. The number of rotatable bonds is 3. The number of anilines is 1. The lowest BCUT2D eigenvalue weighted by molar-refractivity contribution is -0.115. The highest BCUT2D eigenvalue weighted by molar-refractivity contribution is 6.32. The molecule has 0 aliphatic heterocycles. The second-order valence-corrected chi connectivity index (χ2v) is 6.36. The van der Waals surface area contributed by atoms with Crippen molar-refractivity contribution < 1.29 is 9.21 Å². The molecule has 5 heteroatoms. The SMILES string of the molecule is Cc1ccc(NC(=O)Cc2coc3cc(C)c(Cl)cc23)cc1Cl. The second-order valence-electron chi connectivity index (χ2n) is 5.55. The van der Waals surface area contributed by atoms with E-state index in [1.54, 1.807) is 12.3 Å². The molecule has 0 radical (unpaired) electrons. The third kappa shape index (κ3) is 3.36. The van der Waals surface area contributed by atoms with Gasteiger partial charge >= 0.3 is 0 Å². The molecular formula is C18H15Cl2NO2. The first-order valence-corrected chi connectivity index (χ1v) is 7.92. The maximum absolute atomic E-state index is 12.2. The Hall–Kier alpha value is -1.97. The molecule has 1 N–H and O–H groups in total. The number of aryl methyl sites for hydroxylation is 2. The summed E-state index contributed by atoms with van der Waals surface area (Å²) < 4.78 is 5.51. The Bertz CT molecular complexity index is 899. The summed E-state index contributed by atoms with van der Waals surface area (Å²) in [6.45, 7) is 3.83. The van der Waals surface area contributed by atoms with Gasteiger partial charge < -0.3 is 9.73 Å². The van der Waals surface area contributed by atoms with E-state index in [0.29, 0.717) is 15.7 Å². The van der Waals surface area contributed by atoms with Crippen LogP contribution in [0.25, 0.3) is 11.0 Å². The first-order valence-electron chi connectivity index (χ1n) is 7.16. The third-order valence-electron chi connectivity index (χ3n) is 3.74. The number of carbonyl (C=O) groups is 1. The van der Waals surface area contributed by atoms with Gasteiger partial charge in [0.25, 0.3) is 0 Å². The minimum Gasteiger partial charge on any atom is -0.464 e. The van der Waals surface area contributed by atoms with Crippen LogP contribution in [0.4, 0.5) is 5.69 Å². The number of halogens is 2. The molecule has 0 saturated heterocycles. The monoisotopic (exact) mass is 347 g/mol. The van der Waals surface area contributed by atoms with Crippen LogP contribution in [0.1, 0.15) is 16.7 Å². The van der Waals surface area contributed by atoms with Crippen molar-refractivity contribution in [2.75, 3.05) is 5.32 Å². The van der Waals surface area contributed by atoms with Crippen molar-refractivity contribution in [3.05, 3.63) is 63.3 Å². The molecule has 3 rings (SSSR count). The van der Waals surface area contributed by atoms with Gasteiger partial charge in [-0.05, 0) is 49.2 Å². The van der Waals surface area contributed by atoms with Crippen LogP contribution < -0.4 is 5.32 Å². The summed E-state index contributed by atoms with van der Waals surface area (Å²) in [5.41, 5.74) is 4.12. The maximum Gasteiger partial charge on any atom is 0.228 e. The van der Waals surface area contributed by atoms with Crippen LogP contribution in [0.5, 0.6) is 0 Å². The Morgan fingerprint density at radius 1 is 1.09 bits per heavy atom. The first-order chi connectivity index (χ1) is 10.9. The summed E-state index contributed by atoms with van der Waals surface area (Å²) in [6.07, 6.45) is 1.81. The fourth-order valence-electron chi connectivity index (χ4n) is 2.39. The van der Waals surface area contributed by atoms with Crippen molar-refractivity contribution in [3.8, 4) is 0 Å². The van der Waals surface area contributed by atoms with Crippen molar-refractivity contribution in [2.24, 2.45) is 0 Å². The van der Waals surface area contributed by atoms with Crippen LogP contribution in [0, 0.1) is 13.8 Å². The largest absolute Gasteiger partial charge is 0.464 e. The maximum atomic E-state index is 12.2. The predicted molar refractivity (Wildman–Crippen MR) is 94.5 cm³/mol. The molecule has 0 bridgehead atoms. The average molecular weight is 348 g/mol. The van der Waals surface area contributed by atoms with Crippen LogP contribution in [0.3, 0.4) is 0 Å². The van der Waals surface area contributed by atoms with Crippen molar-refractivity contribution >= 4 is 45.8 Å². The summed E-state index contributed by atoms with van der Waals surface area (Å²) in [5, 5.41) is 4.98. The molecule has 0 spiro atoms. The lowest BCUT2D eigenvalue weighted by atomic mass is 10.1. The van der Waals surface area contributed by atoms with Crippen LogP contribution >= 0.6 is 23.2 Å². The highest BCUT2D eigenvalue weighted by atomic mass is 35.5. The van der Waals surface area contributed by atoms with E-state index in [1.807, 2.05) is 38.1 Å². The molecule has 1 aromatic heterocycles. The molecule has 0 fully saturated rings. The van der Waals surface area contributed by atoms with E-state index in [2.05, 4.69) is 5.32 Å². The lowest BCUT2D eigenvalue weighted by Crippen LogP contribution is -2.14. The minimum atomic E-state index is -0.135. The van der Waals surface area contributed by atoms with Crippen molar-refractivity contribution in [3.63, 3.8) is 0 Å². The fourth-order valence-corrected chi connectivity index (χ4v) is 2.73. The molecule has 2 aromatic carbocycles. The van der Waals surface area contributed by atoms with Crippen LogP contribution in [-0.2, 0) is 11.2 Å².